The number of hydrogen-bond donors (Lipinski definition) is 0. The third-order valence-electron chi connectivity index (χ3n) is 32.2. The van der Waals surface area contributed by atoms with E-state index >= 15 is 0 Å². The maximum atomic E-state index is 2.58. The summed E-state index contributed by atoms with van der Waals surface area (Å²) in [4.78, 5) is 0. The SMILES string of the molecule is CC1(C)c2ccccc2-n2c(-c3ccccc3)c3c4cc(-n5c6ccccc6c6ccccc65)ccc4n(-c4ccc5c(c4)c4ccccc4n5-c4ccccc4)c3c21.CC1(C)c2ccccc2-n2c(-c3ccccc3)c3c4cc(-n5c6ccccc6c6ccccc65)ccc4n(-c4ccccc4)c3c21.CC1(C)c2ccccc2-n2c(-n3c4ccccc4c4ccccc43)c3c4ccccc4n(-c4ccccc4)c3c21. The Hall–Kier alpha value is -18.4. The summed E-state index contributed by atoms with van der Waals surface area (Å²) < 4.78 is 25.1. The van der Waals surface area contributed by atoms with E-state index in [0.717, 1.165) is 17.1 Å². The molecule has 32 rings (SSSR count). The Bertz CT molecular complexity index is 10300. The van der Waals surface area contributed by atoms with Crippen molar-refractivity contribution >= 4 is 153 Å². The first kappa shape index (κ1) is 82.5. The summed E-state index contributed by atoms with van der Waals surface area (Å²) in [5, 5.41) is 17.7. The Balaban J connectivity index is 0.000000103. The topological polar surface area (TPSA) is 49.3 Å². The highest BCUT2D eigenvalue weighted by atomic mass is 15.2. The molecule has 13 heterocycles. The van der Waals surface area contributed by atoms with Crippen LogP contribution in [0.4, 0.5) is 0 Å². The Morgan fingerprint density at radius 1 is 0.152 bits per heavy atom. The normalized spacial score (nSPS) is 13.6. The van der Waals surface area contributed by atoms with Crippen LogP contribution in [-0.2, 0) is 16.2 Å². The zero-order valence-corrected chi connectivity index (χ0v) is 81.0. The molecule has 0 radical (unpaired) electrons. The van der Waals surface area contributed by atoms with Crippen LogP contribution in [-0.4, -0.2) is 45.7 Å². The van der Waals surface area contributed by atoms with Crippen LogP contribution in [0.1, 0.15) is 75.3 Å². The molecule has 0 aliphatic carbocycles. The number of aromatic nitrogens is 10. The number of para-hydroxylation sites is 14. The molecule has 0 N–H and O–H groups in total. The first-order valence-electron chi connectivity index (χ1n) is 50.6. The zero-order valence-electron chi connectivity index (χ0n) is 81.0. The third kappa shape index (κ3) is 11.4. The molecule has 0 amide bonds. The van der Waals surface area contributed by atoms with Gasteiger partial charge in [-0.1, -0.05) is 357 Å². The fourth-order valence-electron chi connectivity index (χ4n) is 26.3. The Labute approximate surface area is 836 Å². The second-order valence-electron chi connectivity index (χ2n) is 41.0. The van der Waals surface area contributed by atoms with E-state index < -0.39 is 0 Å². The molecule has 29 aromatic rings. The molecule has 10 heteroatoms. The minimum atomic E-state index is -0.267. The van der Waals surface area contributed by atoms with E-state index in [1.165, 1.54) is 249 Å². The van der Waals surface area contributed by atoms with Crippen molar-refractivity contribution in [2.45, 2.75) is 57.8 Å². The Morgan fingerprint density at radius 2 is 0.379 bits per heavy atom. The summed E-state index contributed by atoms with van der Waals surface area (Å²) >= 11 is 0. The Kier molecular flexibility index (Phi) is 17.5. The van der Waals surface area contributed by atoms with E-state index in [0.29, 0.717) is 0 Å². The highest BCUT2D eigenvalue weighted by Crippen LogP contribution is 2.59. The van der Waals surface area contributed by atoms with Gasteiger partial charge in [-0.3, -0.25) is 9.13 Å². The summed E-state index contributed by atoms with van der Waals surface area (Å²) in [6.45, 7) is 14.3. The monoisotopic (exact) mass is 1860 g/mol. The van der Waals surface area contributed by atoms with Crippen LogP contribution in [0, 0.1) is 0 Å². The van der Waals surface area contributed by atoms with Crippen molar-refractivity contribution in [2.24, 2.45) is 0 Å². The number of fused-ring (bicyclic) bond motifs is 33. The molecular weight excluding hydrogens is 1760 g/mol. The van der Waals surface area contributed by atoms with E-state index in [1.807, 2.05) is 0 Å². The van der Waals surface area contributed by atoms with Gasteiger partial charge in [0.05, 0.1) is 128 Å². The van der Waals surface area contributed by atoms with Gasteiger partial charge >= 0.3 is 0 Å². The largest absolute Gasteiger partial charge is 0.310 e. The van der Waals surface area contributed by atoms with Gasteiger partial charge in [0.2, 0.25) is 0 Å². The molecule has 0 atom stereocenters. The average molecular weight is 1860 g/mol. The fourth-order valence-corrected chi connectivity index (χ4v) is 26.3. The van der Waals surface area contributed by atoms with E-state index in [1.54, 1.807) is 0 Å². The fraction of sp³-hybridized carbons (Fsp3) is 0.0667. The number of nitrogens with zero attached hydrogens (tertiary/aromatic N) is 10. The van der Waals surface area contributed by atoms with Gasteiger partial charge in [-0.15, -0.1) is 0 Å². The highest BCUT2D eigenvalue weighted by Gasteiger charge is 2.47. The van der Waals surface area contributed by atoms with Crippen LogP contribution in [0.2, 0.25) is 0 Å². The summed E-state index contributed by atoms with van der Waals surface area (Å²) in [5.74, 6) is 1.21. The van der Waals surface area contributed by atoms with Crippen LogP contribution in [0.5, 0.6) is 0 Å². The summed E-state index contributed by atoms with van der Waals surface area (Å²) in [7, 11) is 0. The molecule has 0 bridgehead atoms. The van der Waals surface area contributed by atoms with Crippen LogP contribution in [0.25, 0.3) is 232 Å². The Morgan fingerprint density at radius 3 is 0.738 bits per heavy atom. The number of rotatable bonds is 9. The maximum Gasteiger partial charge on any atom is 0.132 e. The van der Waals surface area contributed by atoms with Gasteiger partial charge in [0, 0.05) is 120 Å². The first-order valence-corrected chi connectivity index (χ1v) is 50.6. The van der Waals surface area contributed by atoms with Gasteiger partial charge in [0.25, 0.3) is 0 Å². The summed E-state index contributed by atoms with van der Waals surface area (Å²) in [6.07, 6.45) is 0. The van der Waals surface area contributed by atoms with E-state index in [9.17, 15) is 0 Å². The molecule has 145 heavy (non-hydrogen) atoms. The van der Waals surface area contributed by atoms with Gasteiger partial charge < -0.3 is 36.5 Å². The summed E-state index contributed by atoms with van der Waals surface area (Å²) in [6, 6.07) is 173. The molecule has 686 valence electrons. The minimum absolute atomic E-state index is 0.188. The van der Waals surface area contributed by atoms with E-state index in [2.05, 4.69) is 560 Å². The van der Waals surface area contributed by atoms with Gasteiger partial charge in [-0.05, 0) is 186 Å². The summed E-state index contributed by atoms with van der Waals surface area (Å²) in [5.41, 5.74) is 40.3. The first-order chi connectivity index (χ1) is 71.4. The van der Waals surface area contributed by atoms with Gasteiger partial charge in [-0.2, -0.15) is 0 Å². The van der Waals surface area contributed by atoms with Crippen LogP contribution >= 0.6 is 0 Å². The van der Waals surface area contributed by atoms with Gasteiger partial charge in [0.15, 0.2) is 0 Å². The van der Waals surface area contributed by atoms with Crippen LogP contribution < -0.4 is 0 Å². The van der Waals surface area contributed by atoms with Crippen molar-refractivity contribution in [1.82, 2.24) is 45.7 Å². The zero-order chi connectivity index (χ0) is 96.1. The van der Waals surface area contributed by atoms with E-state index in [4.69, 9.17) is 0 Å². The predicted octanol–water partition coefficient (Wildman–Crippen LogP) is 34.4. The van der Waals surface area contributed by atoms with Gasteiger partial charge in [0.1, 0.15) is 5.82 Å². The average Bonchev–Trinajstić information content (AvgIpc) is 1.51. The molecule has 3 aliphatic heterocycles. The lowest BCUT2D eigenvalue weighted by Gasteiger charge is -2.21. The van der Waals surface area contributed by atoms with Crippen molar-refractivity contribution in [1.29, 1.82) is 0 Å². The molecule has 0 saturated carbocycles. The second-order valence-corrected chi connectivity index (χ2v) is 41.0. The smallest absolute Gasteiger partial charge is 0.132 e. The van der Waals surface area contributed by atoms with Crippen LogP contribution in [0.3, 0.4) is 0 Å². The number of benzene rings is 19. The highest BCUT2D eigenvalue weighted by molar-refractivity contribution is 6.23. The van der Waals surface area contributed by atoms with Crippen molar-refractivity contribution in [3.63, 3.8) is 0 Å². The number of hydrogen-bond acceptors (Lipinski definition) is 0. The van der Waals surface area contributed by atoms with E-state index in [-0.39, 0.29) is 16.2 Å². The third-order valence-corrected chi connectivity index (χ3v) is 32.2. The molecule has 3 aliphatic rings. The van der Waals surface area contributed by atoms with Crippen molar-refractivity contribution < 1.29 is 0 Å². The van der Waals surface area contributed by atoms with Crippen molar-refractivity contribution in [3.8, 4) is 79.5 Å². The molecule has 0 spiro atoms. The van der Waals surface area contributed by atoms with Crippen LogP contribution in [0.15, 0.2) is 473 Å². The molecule has 0 saturated heterocycles. The quantitative estimate of drug-likeness (QED) is 0.138. The molecule has 19 aromatic carbocycles. The lowest BCUT2D eigenvalue weighted by molar-refractivity contribution is 0.645. The van der Waals surface area contributed by atoms with Crippen molar-refractivity contribution in [2.75, 3.05) is 0 Å². The predicted molar refractivity (Wildman–Crippen MR) is 605 cm³/mol. The molecular formula is C135H96N10. The lowest BCUT2D eigenvalue weighted by Crippen LogP contribution is -2.17. The lowest BCUT2D eigenvalue weighted by atomic mass is 9.83. The molecule has 0 fully saturated rings. The molecule has 0 unspecified atom stereocenters. The van der Waals surface area contributed by atoms with Crippen molar-refractivity contribution in [3.05, 3.63) is 507 Å². The minimum Gasteiger partial charge on any atom is -0.310 e. The second kappa shape index (κ2) is 30.8. The molecule has 10 nitrogen and oxygen atoms in total. The molecule has 10 aromatic heterocycles. The maximum absolute atomic E-state index is 2.58. The standard InChI is InChI=1S/C55H38N4.C43H31N3.C37H27N3/c1-55(2)44-24-12-16-28-50(44)59-52(35-17-5-3-6-18-35)51-43-34-37(57-45-25-13-9-21-39(45)40-22-10-14-26-46(40)57)29-32-49(43)58(53(51)54(55)59)38-30-31-48-42(33-38)41-23-11-15-27-47(41)56(48)36-19-7-4-8-20-36;1-43(2)34-21-11-14-24-38(34)46-40(28-15-5-3-6-16-28)39-33-27-30(44-35-22-12-9-19-31(35)32-20-10-13-23-36(32)44)25-26-37(33)45(41(39)42(43)46)29-17-7-4-8-18-29;1-37(2)28-19-9-13-23-32(28)40-35(37)34-33(27-18-8-12-22-31(27)38(34)24-14-4-3-5-15-24)36(40)39-29-20-10-6-16-25(29)26-17-7-11-21-30(26)39/h3-34H,1-2H3;3-27H,1-2H3;3-23H,1-2H3. The van der Waals surface area contributed by atoms with Gasteiger partial charge in [-0.25, -0.2) is 0 Å².